The SMILES string of the molecule is CNC(=O)c1ccc(NC(=O)CN(C)CC(=O)Nc2ccc(C)cc2)cc1. The van der Waals surface area contributed by atoms with Gasteiger partial charge in [-0.1, -0.05) is 17.7 Å². The Morgan fingerprint density at radius 1 is 0.815 bits per heavy atom. The van der Waals surface area contributed by atoms with Crippen molar-refractivity contribution in [1.82, 2.24) is 10.2 Å². The number of hydrogen-bond donors (Lipinski definition) is 3. The van der Waals surface area contributed by atoms with Crippen LogP contribution in [-0.4, -0.2) is 49.8 Å². The lowest BCUT2D eigenvalue weighted by Crippen LogP contribution is -2.36. The van der Waals surface area contributed by atoms with E-state index in [1.807, 2.05) is 31.2 Å². The number of hydrogen-bond acceptors (Lipinski definition) is 4. The topological polar surface area (TPSA) is 90.5 Å². The molecule has 0 radical (unpaired) electrons. The Kier molecular flexibility index (Phi) is 7.08. The fourth-order valence-corrected chi connectivity index (χ4v) is 2.43. The highest BCUT2D eigenvalue weighted by molar-refractivity contribution is 5.96. The van der Waals surface area contributed by atoms with Crippen LogP contribution in [0.3, 0.4) is 0 Å². The summed E-state index contributed by atoms with van der Waals surface area (Å²) in [5.74, 6) is -0.621. The first-order chi connectivity index (χ1) is 12.9. The Morgan fingerprint density at radius 3 is 1.70 bits per heavy atom. The van der Waals surface area contributed by atoms with Gasteiger partial charge in [0, 0.05) is 24.0 Å². The molecule has 0 saturated carbocycles. The van der Waals surface area contributed by atoms with Gasteiger partial charge in [0.15, 0.2) is 0 Å². The van der Waals surface area contributed by atoms with Crippen molar-refractivity contribution in [2.24, 2.45) is 0 Å². The van der Waals surface area contributed by atoms with E-state index in [-0.39, 0.29) is 30.8 Å². The maximum Gasteiger partial charge on any atom is 0.251 e. The highest BCUT2D eigenvalue weighted by atomic mass is 16.2. The van der Waals surface area contributed by atoms with Gasteiger partial charge in [0.1, 0.15) is 0 Å². The van der Waals surface area contributed by atoms with Crippen LogP contribution in [0.1, 0.15) is 15.9 Å². The first kappa shape index (κ1) is 20.1. The number of benzene rings is 2. The molecular weight excluding hydrogens is 344 g/mol. The van der Waals surface area contributed by atoms with Crippen LogP contribution < -0.4 is 16.0 Å². The van der Waals surface area contributed by atoms with Crippen LogP contribution in [0.2, 0.25) is 0 Å². The third kappa shape index (κ3) is 6.56. The van der Waals surface area contributed by atoms with Crippen LogP contribution in [0, 0.1) is 6.92 Å². The van der Waals surface area contributed by atoms with Gasteiger partial charge in [0.2, 0.25) is 11.8 Å². The summed E-state index contributed by atoms with van der Waals surface area (Å²) in [7, 11) is 3.26. The summed E-state index contributed by atoms with van der Waals surface area (Å²) in [6.45, 7) is 2.14. The molecule has 0 aliphatic heterocycles. The van der Waals surface area contributed by atoms with E-state index in [0.29, 0.717) is 11.3 Å². The second-order valence-electron chi connectivity index (χ2n) is 6.29. The number of carbonyl (C=O) groups excluding carboxylic acids is 3. The first-order valence-corrected chi connectivity index (χ1v) is 8.54. The minimum absolute atomic E-state index is 0.0680. The predicted molar refractivity (Wildman–Crippen MR) is 106 cm³/mol. The molecule has 0 bridgehead atoms. The molecule has 7 nitrogen and oxygen atoms in total. The molecule has 2 aromatic rings. The standard InChI is InChI=1S/C20H24N4O3/c1-14-4-8-16(9-5-14)22-18(25)12-24(3)13-19(26)23-17-10-6-15(7-11-17)20(27)21-2/h4-11H,12-13H2,1-3H3,(H,21,27)(H,22,25)(H,23,26). The summed E-state index contributed by atoms with van der Waals surface area (Å²) < 4.78 is 0. The van der Waals surface area contributed by atoms with Gasteiger partial charge in [0.05, 0.1) is 13.1 Å². The van der Waals surface area contributed by atoms with E-state index in [1.54, 1.807) is 43.3 Å². The van der Waals surface area contributed by atoms with Crippen molar-refractivity contribution in [3.8, 4) is 0 Å². The predicted octanol–water partition coefficient (Wildman–Crippen LogP) is 1.86. The second-order valence-corrected chi connectivity index (χ2v) is 6.29. The van der Waals surface area contributed by atoms with Crippen LogP contribution in [0.15, 0.2) is 48.5 Å². The van der Waals surface area contributed by atoms with E-state index in [1.165, 1.54) is 0 Å². The molecule has 0 aliphatic rings. The van der Waals surface area contributed by atoms with Crippen molar-refractivity contribution < 1.29 is 14.4 Å². The van der Waals surface area contributed by atoms with E-state index >= 15 is 0 Å². The molecule has 0 fully saturated rings. The number of carbonyl (C=O) groups is 3. The molecule has 2 aromatic carbocycles. The number of nitrogens with one attached hydrogen (secondary N) is 3. The van der Waals surface area contributed by atoms with E-state index in [2.05, 4.69) is 16.0 Å². The average molecular weight is 368 g/mol. The number of anilines is 2. The van der Waals surface area contributed by atoms with E-state index < -0.39 is 0 Å². The molecule has 0 heterocycles. The molecule has 0 aliphatic carbocycles. The molecule has 0 unspecified atom stereocenters. The molecule has 2 rings (SSSR count). The summed E-state index contributed by atoms with van der Waals surface area (Å²) in [4.78, 5) is 37.3. The molecular formula is C20H24N4O3. The van der Waals surface area contributed by atoms with Crippen LogP contribution in [0.5, 0.6) is 0 Å². The zero-order valence-corrected chi connectivity index (χ0v) is 15.7. The zero-order chi connectivity index (χ0) is 19.8. The van der Waals surface area contributed by atoms with Gasteiger partial charge in [-0.3, -0.25) is 19.3 Å². The van der Waals surface area contributed by atoms with Crippen molar-refractivity contribution in [1.29, 1.82) is 0 Å². The molecule has 3 N–H and O–H groups in total. The number of nitrogens with zero attached hydrogens (tertiary/aromatic N) is 1. The fraction of sp³-hybridized carbons (Fsp3) is 0.250. The molecule has 3 amide bonds. The van der Waals surface area contributed by atoms with Gasteiger partial charge < -0.3 is 16.0 Å². The maximum absolute atomic E-state index is 12.1. The highest BCUT2D eigenvalue weighted by Crippen LogP contribution is 2.10. The Hall–Kier alpha value is -3.19. The smallest absolute Gasteiger partial charge is 0.251 e. The van der Waals surface area contributed by atoms with Crippen LogP contribution >= 0.6 is 0 Å². The van der Waals surface area contributed by atoms with Crippen LogP contribution in [0.4, 0.5) is 11.4 Å². The van der Waals surface area contributed by atoms with Gasteiger partial charge in [0.25, 0.3) is 5.91 Å². The van der Waals surface area contributed by atoms with Crippen molar-refractivity contribution in [2.75, 3.05) is 37.8 Å². The molecule has 0 aromatic heterocycles. The number of amides is 3. The average Bonchev–Trinajstić information content (AvgIpc) is 2.63. The number of rotatable bonds is 7. The maximum atomic E-state index is 12.1. The zero-order valence-electron chi connectivity index (χ0n) is 15.7. The fourth-order valence-electron chi connectivity index (χ4n) is 2.43. The van der Waals surface area contributed by atoms with Crippen LogP contribution in [-0.2, 0) is 9.59 Å². The summed E-state index contributed by atoms with van der Waals surface area (Å²) in [6.07, 6.45) is 0. The molecule has 27 heavy (non-hydrogen) atoms. The van der Waals surface area contributed by atoms with Crippen molar-refractivity contribution in [3.05, 3.63) is 59.7 Å². The Labute approximate surface area is 158 Å². The lowest BCUT2D eigenvalue weighted by atomic mass is 10.2. The van der Waals surface area contributed by atoms with Gasteiger partial charge in [-0.05, 0) is 50.4 Å². The summed E-state index contributed by atoms with van der Waals surface area (Å²) in [5, 5.41) is 8.07. The highest BCUT2D eigenvalue weighted by Gasteiger charge is 2.11. The Bertz CT molecular complexity index is 801. The van der Waals surface area contributed by atoms with Gasteiger partial charge in [-0.25, -0.2) is 0 Å². The summed E-state index contributed by atoms with van der Waals surface area (Å²) in [6, 6.07) is 14.1. The quantitative estimate of drug-likeness (QED) is 0.696. The molecule has 0 spiro atoms. The lowest BCUT2D eigenvalue weighted by Gasteiger charge is -2.16. The Morgan fingerprint density at radius 2 is 1.26 bits per heavy atom. The lowest BCUT2D eigenvalue weighted by molar-refractivity contribution is -0.119. The summed E-state index contributed by atoms with van der Waals surface area (Å²) in [5.41, 5.74) is 2.94. The van der Waals surface area contributed by atoms with Gasteiger partial charge >= 0.3 is 0 Å². The monoisotopic (exact) mass is 368 g/mol. The van der Waals surface area contributed by atoms with Crippen LogP contribution in [0.25, 0.3) is 0 Å². The number of aryl methyl sites for hydroxylation is 1. The minimum atomic E-state index is -0.242. The third-order valence-corrected chi connectivity index (χ3v) is 3.82. The van der Waals surface area contributed by atoms with Crippen molar-refractivity contribution in [3.63, 3.8) is 0 Å². The van der Waals surface area contributed by atoms with E-state index in [9.17, 15) is 14.4 Å². The third-order valence-electron chi connectivity index (χ3n) is 3.82. The van der Waals surface area contributed by atoms with Gasteiger partial charge in [-0.2, -0.15) is 0 Å². The molecule has 0 saturated heterocycles. The van der Waals surface area contributed by atoms with Crippen molar-refractivity contribution in [2.45, 2.75) is 6.92 Å². The normalized spacial score (nSPS) is 10.4. The molecule has 142 valence electrons. The van der Waals surface area contributed by atoms with Crippen molar-refractivity contribution >= 4 is 29.1 Å². The van der Waals surface area contributed by atoms with Gasteiger partial charge in [-0.15, -0.1) is 0 Å². The molecule has 7 heteroatoms. The Balaban J connectivity index is 1.79. The first-order valence-electron chi connectivity index (χ1n) is 8.54. The number of likely N-dealkylation sites (N-methyl/N-ethyl adjacent to an activating group) is 1. The summed E-state index contributed by atoms with van der Waals surface area (Å²) >= 11 is 0. The largest absolute Gasteiger partial charge is 0.355 e. The molecule has 0 atom stereocenters. The van der Waals surface area contributed by atoms with E-state index in [0.717, 1.165) is 11.3 Å². The van der Waals surface area contributed by atoms with E-state index in [4.69, 9.17) is 0 Å². The second kappa shape index (κ2) is 9.49. The minimum Gasteiger partial charge on any atom is -0.355 e.